The van der Waals surface area contributed by atoms with Gasteiger partial charge in [-0.05, 0) is 86.2 Å². The van der Waals surface area contributed by atoms with Gasteiger partial charge in [-0.3, -0.25) is 4.90 Å². The van der Waals surface area contributed by atoms with Crippen LogP contribution in [0.1, 0.15) is 12.1 Å². The van der Waals surface area contributed by atoms with Crippen LogP contribution in [0.25, 0.3) is 28.0 Å². The van der Waals surface area contributed by atoms with Crippen molar-refractivity contribution in [3.8, 4) is 33.9 Å². The number of hydrogen-bond donors (Lipinski definition) is 0. The normalized spacial score (nSPS) is 15.4. The molecule has 1 saturated heterocycles. The van der Waals surface area contributed by atoms with Crippen molar-refractivity contribution in [1.82, 2.24) is 19.2 Å². The highest BCUT2D eigenvalue weighted by Crippen LogP contribution is 2.30. The van der Waals surface area contributed by atoms with Gasteiger partial charge in [0.2, 0.25) is 0 Å². The molecule has 5 rings (SSSR count). The summed E-state index contributed by atoms with van der Waals surface area (Å²) in [6, 6.07) is 20.7. The molecule has 6 nitrogen and oxygen atoms in total. The number of likely N-dealkylation sites (N-methyl/N-ethyl adjacent to an activating group) is 1. The molecule has 4 aromatic rings. The summed E-state index contributed by atoms with van der Waals surface area (Å²) < 4.78 is 13.0. The Morgan fingerprint density at radius 1 is 0.735 bits per heavy atom. The van der Waals surface area contributed by atoms with E-state index >= 15 is 0 Å². The maximum Gasteiger partial charge on any atom is 0.137 e. The van der Waals surface area contributed by atoms with Gasteiger partial charge < -0.3 is 18.8 Å². The maximum absolute atomic E-state index is 5.37. The lowest BCUT2D eigenvalue weighted by atomic mass is 10.1. The molecule has 176 valence electrons. The lowest BCUT2D eigenvalue weighted by Crippen LogP contribution is -2.29. The third-order valence-electron chi connectivity index (χ3n) is 6.69. The summed E-state index contributed by atoms with van der Waals surface area (Å²) in [5.41, 5.74) is 6.64. The van der Waals surface area contributed by atoms with Gasteiger partial charge >= 0.3 is 0 Å². The summed E-state index contributed by atoms with van der Waals surface area (Å²) in [7, 11) is 5.60. The van der Waals surface area contributed by atoms with Crippen molar-refractivity contribution in [2.75, 3.05) is 47.4 Å². The quantitative estimate of drug-likeness (QED) is 0.416. The van der Waals surface area contributed by atoms with Gasteiger partial charge in [-0.2, -0.15) is 0 Å². The van der Waals surface area contributed by atoms with Crippen molar-refractivity contribution >= 4 is 5.65 Å². The second-order valence-electron chi connectivity index (χ2n) is 8.94. The second-order valence-corrected chi connectivity index (χ2v) is 8.94. The number of benzene rings is 2. The predicted molar refractivity (Wildman–Crippen MR) is 137 cm³/mol. The number of pyridine rings is 1. The molecule has 0 unspecified atom stereocenters. The Balaban J connectivity index is 1.58. The summed E-state index contributed by atoms with van der Waals surface area (Å²) in [6.45, 7) is 5.26. The molecule has 0 N–H and O–H groups in total. The molecule has 0 aliphatic carbocycles. The SMILES string of the molecule is COc1ccc(-c2ccc3nc(-c4ccc(OC)cc4)c(CN4CCCN(C)CC4)n3c2)cc1. The van der Waals surface area contributed by atoms with Crippen molar-refractivity contribution in [2.45, 2.75) is 13.0 Å². The first-order chi connectivity index (χ1) is 16.6. The van der Waals surface area contributed by atoms with Crippen molar-refractivity contribution in [1.29, 1.82) is 0 Å². The van der Waals surface area contributed by atoms with Gasteiger partial charge in [0.25, 0.3) is 0 Å². The molecule has 6 heteroatoms. The van der Waals surface area contributed by atoms with Gasteiger partial charge in [0.15, 0.2) is 0 Å². The third kappa shape index (κ3) is 4.65. The lowest BCUT2D eigenvalue weighted by Gasteiger charge is -2.21. The monoisotopic (exact) mass is 456 g/mol. The maximum atomic E-state index is 5.37. The standard InChI is InChI=1S/C28H32N4O2/c1-30-15-4-16-31(18-17-30)20-26-28(22-7-12-25(34-3)13-8-22)29-27-14-9-23(19-32(26)27)21-5-10-24(33-2)11-6-21/h5-14,19H,4,15-18,20H2,1-3H3. The Labute approximate surface area is 201 Å². The minimum Gasteiger partial charge on any atom is -0.497 e. The molecular weight excluding hydrogens is 424 g/mol. The van der Waals surface area contributed by atoms with Crippen molar-refractivity contribution in [3.63, 3.8) is 0 Å². The number of aromatic nitrogens is 2. The molecule has 0 amide bonds. The van der Waals surface area contributed by atoms with Gasteiger partial charge in [0.1, 0.15) is 17.1 Å². The minimum atomic E-state index is 0.853. The molecule has 3 heterocycles. The molecule has 0 spiro atoms. The zero-order valence-corrected chi connectivity index (χ0v) is 20.2. The van der Waals surface area contributed by atoms with E-state index in [0.717, 1.165) is 72.3 Å². The topological polar surface area (TPSA) is 42.2 Å². The fourth-order valence-electron chi connectivity index (χ4n) is 4.65. The van der Waals surface area contributed by atoms with Gasteiger partial charge in [-0.25, -0.2) is 4.98 Å². The highest BCUT2D eigenvalue weighted by molar-refractivity contribution is 5.70. The van der Waals surface area contributed by atoms with Crippen LogP contribution in [0.5, 0.6) is 11.5 Å². The number of nitrogens with zero attached hydrogens (tertiary/aromatic N) is 4. The number of rotatable bonds is 6. The van der Waals surface area contributed by atoms with Gasteiger partial charge in [0.05, 0.1) is 25.6 Å². The van der Waals surface area contributed by atoms with Crippen LogP contribution in [0, 0.1) is 0 Å². The van der Waals surface area contributed by atoms with Gasteiger partial charge in [-0.1, -0.05) is 12.1 Å². The van der Waals surface area contributed by atoms with E-state index in [9.17, 15) is 0 Å². The fourth-order valence-corrected chi connectivity index (χ4v) is 4.65. The van der Waals surface area contributed by atoms with E-state index in [1.54, 1.807) is 14.2 Å². The first-order valence-corrected chi connectivity index (χ1v) is 11.9. The third-order valence-corrected chi connectivity index (χ3v) is 6.69. The Bertz CT molecular complexity index is 1250. The zero-order chi connectivity index (χ0) is 23.5. The highest BCUT2D eigenvalue weighted by atomic mass is 16.5. The van der Waals surface area contributed by atoms with E-state index in [1.807, 2.05) is 24.3 Å². The highest BCUT2D eigenvalue weighted by Gasteiger charge is 2.20. The summed E-state index contributed by atoms with van der Waals surface area (Å²) in [6.07, 6.45) is 3.40. The van der Waals surface area contributed by atoms with Crippen LogP contribution in [0.3, 0.4) is 0 Å². The number of hydrogen-bond acceptors (Lipinski definition) is 5. The van der Waals surface area contributed by atoms with Gasteiger partial charge in [0, 0.05) is 31.4 Å². The summed E-state index contributed by atoms with van der Waals surface area (Å²) in [5.74, 6) is 1.72. The number of ether oxygens (including phenoxy) is 2. The predicted octanol–water partition coefficient (Wildman–Crippen LogP) is 4.82. The largest absolute Gasteiger partial charge is 0.497 e. The van der Waals surface area contributed by atoms with Crippen LogP contribution in [-0.4, -0.2) is 66.6 Å². The van der Waals surface area contributed by atoms with Crippen LogP contribution < -0.4 is 9.47 Å². The van der Waals surface area contributed by atoms with Crippen molar-refractivity contribution in [2.24, 2.45) is 0 Å². The number of methoxy groups -OCH3 is 2. The lowest BCUT2D eigenvalue weighted by molar-refractivity contribution is 0.266. The van der Waals surface area contributed by atoms with E-state index in [0.29, 0.717) is 0 Å². The van der Waals surface area contributed by atoms with Crippen LogP contribution in [0.2, 0.25) is 0 Å². The smallest absolute Gasteiger partial charge is 0.137 e. The van der Waals surface area contributed by atoms with Crippen LogP contribution >= 0.6 is 0 Å². The summed E-state index contributed by atoms with van der Waals surface area (Å²) in [4.78, 5) is 10.0. The molecule has 1 aliphatic heterocycles. The van der Waals surface area contributed by atoms with E-state index < -0.39 is 0 Å². The van der Waals surface area contributed by atoms with Crippen molar-refractivity contribution in [3.05, 3.63) is 72.6 Å². The Hall–Kier alpha value is -3.35. The fraction of sp³-hybridized carbons (Fsp3) is 0.321. The summed E-state index contributed by atoms with van der Waals surface area (Å²) >= 11 is 0. The molecule has 1 fully saturated rings. The molecule has 0 saturated carbocycles. The Kier molecular flexibility index (Phi) is 6.52. The van der Waals surface area contributed by atoms with Crippen molar-refractivity contribution < 1.29 is 9.47 Å². The van der Waals surface area contributed by atoms with Crippen LogP contribution in [0.4, 0.5) is 0 Å². The number of fused-ring (bicyclic) bond motifs is 1. The average molecular weight is 457 g/mol. The zero-order valence-electron chi connectivity index (χ0n) is 20.2. The van der Waals surface area contributed by atoms with E-state index in [1.165, 1.54) is 12.1 Å². The Morgan fingerprint density at radius 2 is 1.38 bits per heavy atom. The van der Waals surface area contributed by atoms with Gasteiger partial charge in [-0.15, -0.1) is 0 Å². The molecule has 2 aromatic heterocycles. The van der Waals surface area contributed by atoms with Crippen LogP contribution in [-0.2, 0) is 6.54 Å². The molecule has 0 radical (unpaired) electrons. The summed E-state index contributed by atoms with van der Waals surface area (Å²) in [5, 5.41) is 0. The molecule has 2 aromatic carbocycles. The minimum absolute atomic E-state index is 0.853. The molecule has 0 atom stereocenters. The van der Waals surface area contributed by atoms with E-state index in [2.05, 4.69) is 63.8 Å². The van der Waals surface area contributed by atoms with E-state index in [4.69, 9.17) is 14.5 Å². The van der Waals surface area contributed by atoms with E-state index in [-0.39, 0.29) is 0 Å². The number of imidazole rings is 1. The first-order valence-electron chi connectivity index (χ1n) is 11.9. The average Bonchev–Trinajstić information content (AvgIpc) is 3.10. The second kappa shape index (κ2) is 9.87. The molecular formula is C28H32N4O2. The van der Waals surface area contributed by atoms with Crippen LogP contribution in [0.15, 0.2) is 66.9 Å². The molecule has 1 aliphatic rings. The first kappa shape index (κ1) is 22.4. The molecule has 0 bridgehead atoms. The Morgan fingerprint density at radius 3 is 2.06 bits per heavy atom. The molecule has 34 heavy (non-hydrogen) atoms.